The normalized spacial score (nSPS) is 22.9. The third-order valence-electron chi connectivity index (χ3n) is 5.75. The van der Waals surface area contributed by atoms with Gasteiger partial charge in [0.05, 0.1) is 0 Å². The van der Waals surface area contributed by atoms with Crippen molar-refractivity contribution in [3.63, 3.8) is 0 Å². The Morgan fingerprint density at radius 3 is 2.62 bits per heavy atom. The number of carbonyl (C=O) groups is 1. The molecule has 1 saturated heterocycles. The van der Waals surface area contributed by atoms with Gasteiger partial charge in [0.1, 0.15) is 18.0 Å². The van der Waals surface area contributed by atoms with Gasteiger partial charge in [-0.1, -0.05) is 6.92 Å². The second-order valence-electron chi connectivity index (χ2n) is 7.78. The maximum atomic E-state index is 12.6. The van der Waals surface area contributed by atoms with Crippen LogP contribution in [0.1, 0.15) is 45.4 Å². The van der Waals surface area contributed by atoms with E-state index >= 15 is 0 Å². The molecule has 1 unspecified atom stereocenters. The highest BCUT2D eigenvalue weighted by atomic mass is 16.5. The van der Waals surface area contributed by atoms with Crippen molar-refractivity contribution < 1.29 is 14.3 Å². The summed E-state index contributed by atoms with van der Waals surface area (Å²) in [6.45, 7) is 6.35. The van der Waals surface area contributed by atoms with Gasteiger partial charge in [0.25, 0.3) is 5.91 Å². The van der Waals surface area contributed by atoms with E-state index in [1.807, 2.05) is 24.3 Å². The van der Waals surface area contributed by atoms with Gasteiger partial charge in [-0.2, -0.15) is 0 Å². The Morgan fingerprint density at radius 1 is 1.23 bits per heavy atom. The molecule has 26 heavy (non-hydrogen) atoms. The summed E-state index contributed by atoms with van der Waals surface area (Å²) in [5, 5.41) is 2.99. The highest BCUT2D eigenvalue weighted by molar-refractivity contribution is 5.97. The minimum absolute atomic E-state index is 0.0367. The fraction of sp³-hybridized carbons (Fsp3) is 0.667. The Bertz CT molecular complexity index is 581. The van der Waals surface area contributed by atoms with E-state index in [2.05, 4.69) is 17.1 Å². The summed E-state index contributed by atoms with van der Waals surface area (Å²) in [5.41, 5.74) is 0.135. The van der Waals surface area contributed by atoms with E-state index in [4.69, 9.17) is 9.47 Å². The molecule has 0 aromatic heterocycles. The lowest BCUT2D eigenvalue weighted by Crippen LogP contribution is -2.42. The average Bonchev–Trinajstić information content (AvgIpc) is 3.14. The Hall–Kier alpha value is -1.59. The van der Waals surface area contributed by atoms with E-state index in [0.717, 1.165) is 49.6 Å². The molecule has 1 atom stereocenters. The molecule has 2 fully saturated rings. The first-order valence-electron chi connectivity index (χ1n) is 9.93. The third kappa shape index (κ3) is 4.77. The van der Waals surface area contributed by atoms with Crippen LogP contribution in [0.15, 0.2) is 24.3 Å². The number of hydrogen-bond acceptors (Lipinski definition) is 4. The van der Waals surface area contributed by atoms with Crippen LogP contribution in [0, 0.1) is 5.92 Å². The van der Waals surface area contributed by atoms with Crippen LogP contribution in [0.3, 0.4) is 0 Å². The molecule has 1 N–H and O–H groups in total. The van der Waals surface area contributed by atoms with Crippen LogP contribution in [-0.2, 0) is 9.53 Å². The zero-order valence-corrected chi connectivity index (χ0v) is 16.1. The van der Waals surface area contributed by atoms with Crippen molar-refractivity contribution in [2.45, 2.75) is 51.0 Å². The summed E-state index contributed by atoms with van der Waals surface area (Å²) in [6, 6.07) is 7.63. The molecule has 0 radical (unpaired) electrons. The number of rotatable bonds is 7. The lowest BCUT2D eigenvalue weighted by molar-refractivity contribution is -0.136. The van der Waals surface area contributed by atoms with Crippen molar-refractivity contribution in [2.24, 2.45) is 5.92 Å². The number of hydrogen-bond donors (Lipinski definition) is 1. The summed E-state index contributed by atoms with van der Waals surface area (Å²) in [5.74, 6) is 1.60. The molecule has 1 amide bonds. The minimum Gasteiger partial charge on any atom is -0.492 e. The standard InChI is InChI=1S/C21H32N2O3/c1-17-6-5-13-23(16-17)14-15-26-19-9-7-18(8-10-19)22-20(24)21(25-2)11-3-4-12-21/h7-10,17H,3-6,11-16H2,1-2H3,(H,22,24). The van der Waals surface area contributed by atoms with E-state index < -0.39 is 5.60 Å². The molecule has 0 spiro atoms. The number of ether oxygens (including phenoxy) is 2. The van der Waals surface area contributed by atoms with Gasteiger partial charge in [0, 0.05) is 25.9 Å². The quantitative estimate of drug-likeness (QED) is 0.806. The lowest BCUT2D eigenvalue weighted by atomic mass is 10.0. The highest BCUT2D eigenvalue weighted by Crippen LogP contribution is 2.33. The fourth-order valence-electron chi connectivity index (χ4n) is 4.13. The van der Waals surface area contributed by atoms with Crippen LogP contribution >= 0.6 is 0 Å². The second kappa shape index (κ2) is 8.87. The number of piperidine rings is 1. The van der Waals surface area contributed by atoms with E-state index in [1.165, 1.54) is 25.9 Å². The molecule has 1 saturated carbocycles. The number of amides is 1. The van der Waals surface area contributed by atoms with Crippen LogP contribution in [0.5, 0.6) is 5.75 Å². The summed E-state index contributed by atoms with van der Waals surface area (Å²) in [4.78, 5) is 15.0. The van der Waals surface area contributed by atoms with Crippen LogP contribution in [0.25, 0.3) is 0 Å². The molecule has 1 heterocycles. The van der Waals surface area contributed by atoms with Gasteiger partial charge in [0.15, 0.2) is 0 Å². The fourth-order valence-corrected chi connectivity index (χ4v) is 4.13. The molecule has 1 aliphatic heterocycles. The van der Waals surface area contributed by atoms with E-state index in [-0.39, 0.29) is 5.91 Å². The van der Waals surface area contributed by atoms with E-state index in [9.17, 15) is 4.79 Å². The molecule has 0 bridgehead atoms. The zero-order chi connectivity index (χ0) is 18.4. The average molecular weight is 360 g/mol. The maximum Gasteiger partial charge on any atom is 0.256 e. The molecule has 144 valence electrons. The first-order chi connectivity index (χ1) is 12.6. The summed E-state index contributed by atoms with van der Waals surface area (Å²) >= 11 is 0. The lowest BCUT2D eigenvalue weighted by Gasteiger charge is -2.30. The van der Waals surface area contributed by atoms with Crippen molar-refractivity contribution in [3.8, 4) is 5.75 Å². The second-order valence-corrected chi connectivity index (χ2v) is 7.78. The maximum absolute atomic E-state index is 12.6. The Balaban J connectivity index is 1.45. The third-order valence-corrected chi connectivity index (χ3v) is 5.75. The highest BCUT2D eigenvalue weighted by Gasteiger charge is 2.41. The van der Waals surface area contributed by atoms with Gasteiger partial charge in [-0.25, -0.2) is 0 Å². The topological polar surface area (TPSA) is 50.8 Å². The first-order valence-corrected chi connectivity index (χ1v) is 9.93. The molecular formula is C21H32N2O3. The van der Waals surface area contributed by atoms with E-state index in [1.54, 1.807) is 7.11 Å². The van der Waals surface area contributed by atoms with Crippen LogP contribution in [-0.4, -0.2) is 49.8 Å². The van der Waals surface area contributed by atoms with Crippen molar-refractivity contribution in [1.29, 1.82) is 0 Å². The molecule has 1 aromatic rings. The molecule has 2 aliphatic rings. The molecule has 1 aromatic carbocycles. The van der Waals surface area contributed by atoms with Gasteiger partial charge in [-0.15, -0.1) is 0 Å². The Kier molecular flexibility index (Phi) is 6.54. The summed E-state index contributed by atoms with van der Waals surface area (Å²) in [6.07, 6.45) is 6.32. The van der Waals surface area contributed by atoms with Gasteiger partial charge in [-0.05, 0) is 75.3 Å². The van der Waals surface area contributed by atoms with E-state index in [0.29, 0.717) is 6.61 Å². The van der Waals surface area contributed by atoms with Gasteiger partial charge in [0.2, 0.25) is 0 Å². The van der Waals surface area contributed by atoms with Crippen molar-refractivity contribution in [1.82, 2.24) is 4.90 Å². The van der Waals surface area contributed by atoms with Gasteiger partial charge in [-0.3, -0.25) is 9.69 Å². The summed E-state index contributed by atoms with van der Waals surface area (Å²) < 4.78 is 11.4. The number of methoxy groups -OCH3 is 1. The number of nitrogens with zero attached hydrogens (tertiary/aromatic N) is 1. The number of nitrogens with one attached hydrogen (secondary N) is 1. The SMILES string of the molecule is COC1(C(=O)Nc2ccc(OCCN3CCCC(C)C3)cc2)CCCC1. The predicted octanol–water partition coefficient (Wildman–Crippen LogP) is 3.70. The van der Waals surface area contributed by atoms with Gasteiger partial charge < -0.3 is 14.8 Å². The monoisotopic (exact) mass is 360 g/mol. The van der Waals surface area contributed by atoms with Crippen molar-refractivity contribution in [3.05, 3.63) is 24.3 Å². The van der Waals surface area contributed by atoms with Crippen LogP contribution in [0.2, 0.25) is 0 Å². The number of carbonyl (C=O) groups excluding carboxylic acids is 1. The number of likely N-dealkylation sites (tertiary alicyclic amines) is 1. The largest absolute Gasteiger partial charge is 0.492 e. The molecule has 1 aliphatic carbocycles. The Labute approximate surface area is 157 Å². The molecule has 5 nitrogen and oxygen atoms in total. The Morgan fingerprint density at radius 2 is 1.96 bits per heavy atom. The first kappa shape index (κ1) is 19.2. The van der Waals surface area contributed by atoms with Gasteiger partial charge >= 0.3 is 0 Å². The number of benzene rings is 1. The van der Waals surface area contributed by atoms with Crippen LogP contribution < -0.4 is 10.1 Å². The molecule has 3 rings (SSSR count). The zero-order valence-electron chi connectivity index (χ0n) is 16.1. The molecular weight excluding hydrogens is 328 g/mol. The number of anilines is 1. The minimum atomic E-state index is -0.652. The molecule has 5 heteroatoms. The summed E-state index contributed by atoms with van der Waals surface area (Å²) in [7, 11) is 1.63. The smallest absolute Gasteiger partial charge is 0.256 e. The van der Waals surface area contributed by atoms with Crippen LogP contribution in [0.4, 0.5) is 5.69 Å². The van der Waals surface area contributed by atoms with Crippen molar-refractivity contribution >= 4 is 11.6 Å². The predicted molar refractivity (Wildman–Crippen MR) is 104 cm³/mol. The van der Waals surface area contributed by atoms with Crippen molar-refractivity contribution in [2.75, 3.05) is 38.7 Å².